The number of nitrogens with one attached hydrogen (secondary N) is 1. The van der Waals surface area contributed by atoms with E-state index in [1.54, 1.807) is 23.0 Å². The predicted octanol–water partition coefficient (Wildman–Crippen LogP) is 4.47. The highest BCUT2D eigenvalue weighted by molar-refractivity contribution is 6.30. The molecule has 2 aromatic carbocycles. The summed E-state index contributed by atoms with van der Waals surface area (Å²) in [5.41, 5.74) is 2.86. The molecule has 1 fully saturated rings. The summed E-state index contributed by atoms with van der Waals surface area (Å²) < 4.78 is 1.73. The first-order valence-electron chi connectivity index (χ1n) is 9.97. The Morgan fingerprint density at radius 1 is 1.14 bits per heavy atom. The zero-order chi connectivity index (χ0) is 20.2. The first-order chi connectivity index (χ1) is 14.1. The summed E-state index contributed by atoms with van der Waals surface area (Å²) in [4.78, 5) is 13.0. The lowest BCUT2D eigenvalue weighted by molar-refractivity contribution is 0.0874. The quantitative estimate of drug-likeness (QED) is 0.653. The van der Waals surface area contributed by atoms with Crippen LogP contribution in [-0.2, 0) is 0 Å². The number of hydrogen-bond donors (Lipinski definition) is 2. The molecule has 2 N–H and O–H groups in total. The maximum atomic E-state index is 13.0. The van der Waals surface area contributed by atoms with Gasteiger partial charge in [-0.25, -0.2) is 4.68 Å². The fourth-order valence-corrected chi connectivity index (χ4v) is 3.98. The van der Waals surface area contributed by atoms with Crippen molar-refractivity contribution in [2.24, 2.45) is 5.92 Å². The lowest BCUT2D eigenvalue weighted by Crippen LogP contribution is -2.33. The number of carbonyl (C=O) groups excluding carboxylic acids is 1. The predicted molar refractivity (Wildman–Crippen MR) is 114 cm³/mol. The maximum Gasteiger partial charge on any atom is 0.255 e. The third kappa shape index (κ3) is 4.69. The third-order valence-corrected chi connectivity index (χ3v) is 5.66. The van der Waals surface area contributed by atoms with E-state index in [4.69, 9.17) is 11.6 Å². The van der Waals surface area contributed by atoms with E-state index < -0.39 is 0 Å². The van der Waals surface area contributed by atoms with Crippen molar-refractivity contribution in [1.29, 1.82) is 0 Å². The van der Waals surface area contributed by atoms with Crippen LogP contribution in [0.15, 0.2) is 60.8 Å². The van der Waals surface area contributed by atoms with E-state index in [-0.39, 0.29) is 12.0 Å². The van der Waals surface area contributed by atoms with Crippen molar-refractivity contribution in [3.8, 4) is 16.9 Å². The second-order valence-corrected chi connectivity index (χ2v) is 8.01. The highest BCUT2D eigenvalue weighted by atomic mass is 35.5. The Bertz CT molecular complexity index is 970. The minimum Gasteiger partial charge on any atom is -0.393 e. The Kier molecular flexibility index (Phi) is 5.97. The fourth-order valence-electron chi connectivity index (χ4n) is 3.85. The molecule has 0 spiro atoms. The summed E-state index contributed by atoms with van der Waals surface area (Å²) in [6.45, 7) is 0.562. The Morgan fingerprint density at radius 3 is 2.62 bits per heavy atom. The van der Waals surface area contributed by atoms with Crippen LogP contribution in [0.25, 0.3) is 16.9 Å². The van der Waals surface area contributed by atoms with Crippen LogP contribution in [0.3, 0.4) is 0 Å². The van der Waals surface area contributed by atoms with Crippen LogP contribution in [-0.4, -0.2) is 33.4 Å². The molecule has 1 amide bonds. The number of aliphatic hydroxyl groups is 1. The van der Waals surface area contributed by atoms with Gasteiger partial charge in [-0.05, 0) is 49.4 Å². The molecular formula is C23H24ClN3O2. The molecule has 6 heteroatoms. The van der Waals surface area contributed by atoms with E-state index in [0.29, 0.717) is 28.7 Å². The number of carbonyl (C=O) groups is 1. The highest BCUT2D eigenvalue weighted by Crippen LogP contribution is 2.26. The summed E-state index contributed by atoms with van der Waals surface area (Å²) >= 11 is 6.02. The number of halogens is 1. The Morgan fingerprint density at radius 2 is 1.90 bits per heavy atom. The van der Waals surface area contributed by atoms with Crippen molar-refractivity contribution in [2.75, 3.05) is 6.54 Å². The van der Waals surface area contributed by atoms with Gasteiger partial charge < -0.3 is 10.4 Å². The van der Waals surface area contributed by atoms with E-state index in [1.807, 2.05) is 42.5 Å². The van der Waals surface area contributed by atoms with Crippen LogP contribution < -0.4 is 5.32 Å². The molecule has 4 rings (SSSR count). The molecular weight excluding hydrogens is 386 g/mol. The number of aliphatic hydroxyl groups excluding tert-OH is 1. The smallest absolute Gasteiger partial charge is 0.255 e. The van der Waals surface area contributed by atoms with Crippen LogP contribution in [0.5, 0.6) is 0 Å². The fraction of sp³-hybridized carbons (Fsp3) is 0.304. The van der Waals surface area contributed by atoms with Crippen molar-refractivity contribution >= 4 is 17.5 Å². The molecule has 1 aromatic heterocycles. The van der Waals surface area contributed by atoms with Crippen molar-refractivity contribution < 1.29 is 9.90 Å². The Hall–Kier alpha value is -2.63. The molecule has 5 nitrogen and oxygen atoms in total. The monoisotopic (exact) mass is 409 g/mol. The number of aromatic nitrogens is 2. The van der Waals surface area contributed by atoms with E-state index in [9.17, 15) is 9.90 Å². The van der Waals surface area contributed by atoms with Crippen LogP contribution in [0, 0.1) is 5.92 Å². The Balaban J connectivity index is 1.60. The SMILES string of the molecule is O=C(NC[C@@H]1CCC[C@H](O)C1)c1cn(-c2ccccc2)nc1-c1ccc(Cl)cc1. The maximum absolute atomic E-state index is 13.0. The summed E-state index contributed by atoms with van der Waals surface area (Å²) in [5, 5.41) is 18.2. The molecule has 1 aliphatic rings. The molecule has 1 aliphatic carbocycles. The average Bonchev–Trinajstić information content (AvgIpc) is 3.19. The summed E-state index contributed by atoms with van der Waals surface area (Å²) in [6.07, 6.45) is 5.15. The number of hydrogen-bond acceptors (Lipinski definition) is 3. The zero-order valence-corrected chi connectivity index (χ0v) is 16.8. The van der Waals surface area contributed by atoms with E-state index >= 15 is 0 Å². The van der Waals surface area contributed by atoms with Crippen molar-refractivity contribution in [2.45, 2.75) is 31.8 Å². The van der Waals surface area contributed by atoms with Gasteiger partial charge in [0, 0.05) is 23.3 Å². The molecule has 0 bridgehead atoms. The average molecular weight is 410 g/mol. The van der Waals surface area contributed by atoms with Crippen LogP contribution in [0.2, 0.25) is 5.02 Å². The molecule has 1 saturated carbocycles. The van der Waals surface area contributed by atoms with E-state index in [1.165, 1.54) is 0 Å². The molecule has 1 heterocycles. The third-order valence-electron chi connectivity index (χ3n) is 5.40. The van der Waals surface area contributed by atoms with Gasteiger partial charge in [-0.15, -0.1) is 0 Å². The lowest BCUT2D eigenvalue weighted by Gasteiger charge is -2.25. The van der Waals surface area contributed by atoms with Gasteiger partial charge in [-0.3, -0.25) is 4.79 Å². The van der Waals surface area contributed by atoms with Crippen LogP contribution in [0.4, 0.5) is 0 Å². The van der Waals surface area contributed by atoms with Crippen molar-refractivity contribution in [3.05, 3.63) is 71.4 Å². The summed E-state index contributed by atoms with van der Waals surface area (Å²) in [7, 11) is 0. The van der Waals surface area contributed by atoms with Gasteiger partial charge in [0.05, 0.1) is 17.4 Å². The first-order valence-corrected chi connectivity index (χ1v) is 10.4. The molecule has 2 atom stereocenters. The minimum atomic E-state index is -0.254. The van der Waals surface area contributed by atoms with Gasteiger partial charge in [0.15, 0.2) is 0 Å². The molecule has 0 unspecified atom stereocenters. The second kappa shape index (κ2) is 8.80. The van der Waals surface area contributed by atoms with Crippen molar-refractivity contribution in [3.63, 3.8) is 0 Å². The van der Waals surface area contributed by atoms with Crippen LogP contribution in [0.1, 0.15) is 36.0 Å². The largest absolute Gasteiger partial charge is 0.393 e. The molecule has 29 heavy (non-hydrogen) atoms. The summed E-state index contributed by atoms with van der Waals surface area (Å²) in [6, 6.07) is 17.0. The molecule has 0 aliphatic heterocycles. The van der Waals surface area contributed by atoms with Gasteiger partial charge in [0.2, 0.25) is 0 Å². The van der Waals surface area contributed by atoms with Gasteiger partial charge in [0.25, 0.3) is 5.91 Å². The second-order valence-electron chi connectivity index (χ2n) is 7.57. The van der Waals surface area contributed by atoms with Gasteiger partial charge in [-0.1, -0.05) is 48.4 Å². The number of amides is 1. The normalized spacial score (nSPS) is 19.1. The van der Waals surface area contributed by atoms with Gasteiger partial charge >= 0.3 is 0 Å². The van der Waals surface area contributed by atoms with Gasteiger partial charge in [-0.2, -0.15) is 5.10 Å². The molecule has 3 aromatic rings. The molecule has 0 radical (unpaired) electrons. The number of rotatable bonds is 5. The van der Waals surface area contributed by atoms with E-state index in [2.05, 4.69) is 10.4 Å². The minimum absolute atomic E-state index is 0.155. The number of para-hydroxylation sites is 1. The number of benzene rings is 2. The van der Waals surface area contributed by atoms with Gasteiger partial charge in [0.1, 0.15) is 5.69 Å². The standard InChI is InChI=1S/C23H24ClN3O2/c24-18-11-9-17(10-12-18)22-21(15-27(26-22)19-6-2-1-3-7-19)23(29)25-14-16-5-4-8-20(28)13-16/h1-3,6-7,9-12,15-16,20,28H,4-5,8,13-14H2,(H,25,29)/t16-,20+/m1/s1. The van der Waals surface area contributed by atoms with Crippen molar-refractivity contribution in [1.82, 2.24) is 15.1 Å². The number of nitrogens with zero attached hydrogens (tertiary/aromatic N) is 2. The van der Waals surface area contributed by atoms with E-state index in [0.717, 1.165) is 36.9 Å². The summed E-state index contributed by atoms with van der Waals surface area (Å²) in [5.74, 6) is 0.156. The molecule has 150 valence electrons. The topological polar surface area (TPSA) is 67.2 Å². The first kappa shape index (κ1) is 19.7. The van der Waals surface area contributed by atoms with Crippen LogP contribution >= 0.6 is 11.6 Å². The highest BCUT2D eigenvalue weighted by Gasteiger charge is 2.23. The molecule has 0 saturated heterocycles. The Labute approximate surface area is 175 Å². The zero-order valence-electron chi connectivity index (χ0n) is 16.1. The lowest BCUT2D eigenvalue weighted by atomic mass is 9.87.